The number of benzene rings is 2. The molecule has 0 spiro atoms. The van der Waals surface area contributed by atoms with Gasteiger partial charge in [-0.3, -0.25) is 4.79 Å². The predicted octanol–water partition coefficient (Wildman–Crippen LogP) is 4.71. The number of halogens is 2. The fraction of sp³-hybridized carbons (Fsp3) is 0.0667. The molecule has 7 heteroatoms. The van der Waals surface area contributed by atoms with Crippen LogP contribution in [0.2, 0.25) is 10.0 Å². The Morgan fingerprint density at radius 2 is 1.77 bits per heavy atom. The van der Waals surface area contributed by atoms with E-state index in [1.54, 1.807) is 24.3 Å². The zero-order valence-corrected chi connectivity index (χ0v) is 12.9. The van der Waals surface area contributed by atoms with Gasteiger partial charge in [0.2, 0.25) is 12.0 Å². The van der Waals surface area contributed by atoms with Gasteiger partial charge in [-0.05, 0) is 36.4 Å². The summed E-state index contributed by atoms with van der Waals surface area (Å²) in [6, 6.07) is 9.58. The van der Waals surface area contributed by atoms with Gasteiger partial charge in [-0.25, -0.2) is 4.79 Å². The Kier molecular flexibility index (Phi) is 5.17. The zero-order chi connectivity index (χ0) is 16.1. The van der Waals surface area contributed by atoms with Gasteiger partial charge in [0.25, 0.3) is 0 Å². The fourth-order valence-electron chi connectivity index (χ4n) is 1.69. The summed E-state index contributed by atoms with van der Waals surface area (Å²) >= 11 is 12.1. The van der Waals surface area contributed by atoms with Gasteiger partial charge in [0.05, 0.1) is 15.7 Å². The first-order chi connectivity index (χ1) is 10.5. The summed E-state index contributed by atoms with van der Waals surface area (Å²) in [5.41, 5.74) is 0.936. The summed E-state index contributed by atoms with van der Waals surface area (Å²) in [6.07, 6.45) is 1.41. The van der Waals surface area contributed by atoms with E-state index in [-0.39, 0.29) is 21.7 Å². The molecule has 0 fully saturated rings. The van der Waals surface area contributed by atoms with Crippen molar-refractivity contribution < 1.29 is 14.3 Å². The van der Waals surface area contributed by atoms with Crippen molar-refractivity contribution in [2.24, 2.45) is 4.99 Å². The zero-order valence-electron chi connectivity index (χ0n) is 11.4. The number of hydrogen-bond donors (Lipinski definition) is 1. The quantitative estimate of drug-likeness (QED) is 0.649. The summed E-state index contributed by atoms with van der Waals surface area (Å²) in [7, 11) is 0. The van der Waals surface area contributed by atoms with Crippen molar-refractivity contribution >= 4 is 46.6 Å². The van der Waals surface area contributed by atoms with E-state index in [0.29, 0.717) is 17.1 Å². The Morgan fingerprint density at radius 3 is 2.27 bits per heavy atom. The third-order valence-corrected chi connectivity index (χ3v) is 3.11. The topological polar surface area (TPSA) is 67.8 Å². The van der Waals surface area contributed by atoms with Crippen LogP contribution in [0.1, 0.15) is 6.92 Å². The maximum atomic E-state index is 11.0. The predicted molar refractivity (Wildman–Crippen MR) is 85.1 cm³/mol. The number of hydrogen-bond acceptors (Lipinski definition) is 4. The van der Waals surface area contributed by atoms with Crippen molar-refractivity contribution in [3.63, 3.8) is 0 Å². The third-order valence-electron chi connectivity index (χ3n) is 2.55. The average Bonchev–Trinajstić information content (AvgIpc) is 2.44. The largest absolute Gasteiger partial charge is 0.454 e. The number of ether oxygens (including phenoxy) is 1. The molecule has 0 aliphatic rings. The molecule has 0 unspecified atom stereocenters. The Labute approximate surface area is 136 Å². The molecule has 0 saturated carbocycles. The van der Waals surface area contributed by atoms with Crippen molar-refractivity contribution in [3.05, 3.63) is 46.4 Å². The third kappa shape index (κ3) is 4.09. The van der Waals surface area contributed by atoms with Crippen LogP contribution >= 0.6 is 23.2 Å². The van der Waals surface area contributed by atoms with E-state index in [1.165, 1.54) is 25.1 Å². The van der Waals surface area contributed by atoms with Gasteiger partial charge < -0.3 is 10.1 Å². The Hall–Kier alpha value is -2.33. The molecule has 2 rings (SSSR count). The van der Waals surface area contributed by atoms with Gasteiger partial charge >= 0.3 is 0 Å². The van der Waals surface area contributed by atoms with Crippen LogP contribution in [0.4, 0.5) is 11.4 Å². The number of carbonyl (C=O) groups excluding carboxylic acids is 2. The molecule has 1 amide bonds. The van der Waals surface area contributed by atoms with Gasteiger partial charge in [0, 0.05) is 12.6 Å². The smallest absolute Gasteiger partial charge is 0.240 e. The minimum absolute atomic E-state index is 0.161. The molecular formula is C15H10Cl2N2O3. The molecule has 22 heavy (non-hydrogen) atoms. The van der Waals surface area contributed by atoms with Gasteiger partial charge in [0.15, 0.2) is 5.75 Å². The lowest BCUT2D eigenvalue weighted by molar-refractivity contribution is -0.114. The number of nitrogens with one attached hydrogen (secondary N) is 1. The number of isocyanates is 1. The second-order valence-corrected chi connectivity index (χ2v) is 5.06. The van der Waals surface area contributed by atoms with E-state index in [9.17, 15) is 9.59 Å². The summed E-state index contributed by atoms with van der Waals surface area (Å²) < 4.78 is 5.62. The first-order valence-corrected chi connectivity index (χ1v) is 6.87. The molecule has 0 radical (unpaired) electrons. The Balaban J connectivity index is 2.23. The van der Waals surface area contributed by atoms with Crippen LogP contribution in [0.3, 0.4) is 0 Å². The van der Waals surface area contributed by atoms with Crippen molar-refractivity contribution in [2.45, 2.75) is 6.92 Å². The van der Waals surface area contributed by atoms with Gasteiger partial charge in [-0.15, -0.1) is 0 Å². The van der Waals surface area contributed by atoms with E-state index in [1.807, 2.05) is 0 Å². The van der Waals surface area contributed by atoms with Crippen molar-refractivity contribution in [1.82, 2.24) is 0 Å². The molecule has 2 aromatic carbocycles. The lowest BCUT2D eigenvalue weighted by Gasteiger charge is -2.10. The van der Waals surface area contributed by atoms with E-state index in [4.69, 9.17) is 27.9 Å². The molecule has 5 nitrogen and oxygen atoms in total. The average molecular weight is 337 g/mol. The van der Waals surface area contributed by atoms with Crippen LogP contribution in [-0.4, -0.2) is 12.0 Å². The van der Waals surface area contributed by atoms with Crippen LogP contribution in [0.5, 0.6) is 11.5 Å². The molecular weight excluding hydrogens is 327 g/mol. The monoisotopic (exact) mass is 336 g/mol. The highest BCUT2D eigenvalue weighted by Gasteiger charge is 2.11. The number of rotatable bonds is 4. The second kappa shape index (κ2) is 7.09. The highest BCUT2D eigenvalue weighted by molar-refractivity contribution is 6.37. The van der Waals surface area contributed by atoms with E-state index >= 15 is 0 Å². The van der Waals surface area contributed by atoms with E-state index < -0.39 is 0 Å². The van der Waals surface area contributed by atoms with Crippen molar-refractivity contribution in [2.75, 3.05) is 5.32 Å². The van der Waals surface area contributed by atoms with Crippen LogP contribution in [0, 0.1) is 0 Å². The summed E-state index contributed by atoms with van der Waals surface area (Å²) in [5.74, 6) is 0.580. The molecule has 0 aromatic heterocycles. The van der Waals surface area contributed by atoms with E-state index in [0.717, 1.165) is 0 Å². The first-order valence-electron chi connectivity index (χ1n) is 6.12. The second-order valence-electron chi connectivity index (χ2n) is 4.25. The molecule has 0 aliphatic carbocycles. The maximum absolute atomic E-state index is 11.0. The molecule has 0 aliphatic heterocycles. The molecule has 2 aromatic rings. The van der Waals surface area contributed by atoms with Crippen molar-refractivity contribution in [3.8, 4) is 11.5 Å². The van der Waals surface area contributed by atoms with Gasteiger partial charge in [0.1, 0.15) is 5.75 Å². The Bertz CT molecular complexity index is 731. The van der Waals surface area contributed by atoms with Crippen LogP contribution in [0.25, 0.3) is 0 Å². The summed E-state index contributed by atoms with van der Waals surface area (Å²) in [5, 5.41) is 3.08. The highest BCUT2D eigenvalue weighted by Crippen LogP contribution is 2.39. The van der Waals surface area contributed by atoms with Gasteiger partial charge in [-0.2, -0.15) is 4.99 Å². The molecule has 0 bridgehead atoms. The number of anilines is 1. The lowest BCUT2D eigenvalue weighted by atomic mass is 10.3. The minimum atomic E-state index is -0.161. The standard InChI is InChI=1S/C15H10Cl2N2O3/c1-9(21)19-10-2-4-12(5-3-10)22-15-13(16)6-11(18-8-20)7-14(15)17/h2-7H,1H3,(H,19,21). The number of amides is 1. The molecule has 1 N–H and O–H groups in total. The Morgan fingerprint density at radius 1 is 1.18 bits per heavy atom. The molecule has 0 saturated heterocycles. The lowest BCUT2D eigenvalue weighted by Crippen LogP contribution is -2.05. The normalized spacial score (nSPS) is 9.77. The van der Waals surface area contributed by atoms with E-state index in [2.05, 4.69) is 10.3 Å². The maximum Gasteiger partial charge on any atom is 0.240 e. The minimum Gasteiger partial charge on any atom is -0.454 e. The number of aliphatic imine (C=N–C) groups is 1. The van der Waals surface area contributed by atoms with Crippen LogP contribution in [0.15, 0.2) is 41.4 Å². The number of carbonyl (C=O) groups is 1. The first kappa shape index (κ1) is 16.0. The van der Waals surface area contributed by atoms with Crippen molar-refractivity contribution in [1.29, 1.82) is 0 Å². The highest BCUT2D eigenvalue weighted by atomic mass is 35.5. The fourth-order valence-corrected chi connectivity index (χ4v) is 2.24. The summed E-state index contributed by atoms with van der Waals surface area (Å²) in [6.45, 7) is 1.42. The molecule has 112 valence electrons. The van der Waals surface area contributed by atoms with Crippen LogP contribution < -0.4 is 10.1 Å². The van der Waals surface area contributed by atoms with Gasteiger partial charge in [-0.1, -0.05) is 23.2 Å². The summed E-state index contributed by atoms with van der Waals surface area (Å²) in [4.78, 5) is 24.6. The van der Waals surface area contributed by atoms with Crippen LogP contribution in [-0.2, 0) is 9.59 Å². The number of nitrogens with zero attached hydrogens (tertiary/aromatic N) is 1. The molecule has 0 heterocycles. The SMILES string of the molecule is CC(=O)Nc1ccc(Oc2c(Cl)cc(N=C=O)cc2Cl)cc1. The molecule has 0 atom stereocenters.